The SMILES string of the molecule is O=[N+]([O-])c1ccc(-[n+]2nc(-c3ccc(S(=O)(=O)O)cc3S(=O)(=O)O)nn2-c2ccc(I)cc2)c([N+](=O)[O-])c1. The van der Waals surface area contributed by atoms with Gasteiger partial charge in [0.15, 0.2) is 0 Å². The zero-order valence-corrected chi connectivity index (χ0v) is 22.1. The Bertz CT molecular complexity index is 1840. The fraction of sp³-hybridized carbons (Fsp3) is 0. The second-order valence-electron chi connectivity index (χ2n) is 7.37. The van der Waals surface area contributed by atoms with E-state index in [1.165, 1.54) is 0 Å². The molecule has 19 heteroatoms. The lowest BCUT2D eigenvalue weighted by molar-refractivity contribution is -0.736. The van der Waals surface area contributed by atoms with Crippen molar-refractivity contribution in [3.05, 3.63) is 84.5 Å². The van der Waals surface area contributed by atoms with Gasteiger partial charge < -0.3 is 0 Å². The van der Waals surface area contributed by atoms with Crippen LogP contribution in [0, 0.1) is 23.8 Å². The largest absolute Gasteiger partial charge is 0.341 e. The van der Waals surface area contributed by atoms with Crippen molar-refractivity contribution in [2.24, 2.45) is 0 Å². The molecule has 4 rings (SSSR count). The number of nitro groups is 2. The molecule has 4 aromatic rings. The maximum Gasteiger partial charge on any atom is 0.341 e. The molecule has 1 heterocycles. The quantitative estimate of drug-likeness (QED) is 0.0944. The summed E-state index contributed by atoms with van der Waals surface area (Å²) in [4.78, 5) is 21.3. The Hall–Kier alpha value is -3.92. The summed E-state index contributed by atoms with van der Waals surface area (Å²) in [5, 5.41) is 31.3. The van der Waals surface area contributed by atoms with Crippen molar-refractivity contribution < 1.29 is 40.6 Å². The van der Waals surface area contributed by atoms with Crippen LogP contribution >= 0.6 is 22.6 Å². The van der Waals surface area contributed by atoms with Crippen LogP contribution in [0.4, 0.5) is 11.4 Å². The molecule has 0 aliphatic rings. The van der Waals surface area contributed by atoms with E-state index in [0.29, 0.717) is 12.1 Å². The van der Waals surface area contributed by atoms with Gasteiger partial charge in [-0.05, 0) is 75.0 Å². The van der Waals surface area contributed by atoms with Gasteiger partial charge in [-0.2, -0.15) is 16.8 Å². The summed E-state index contributed by atoms with van der Waals surface area (Å²) in [5.74, 6) is -0.439. The van der Waals surface area contributed by atoms with E-state index in [1.807, 2.05) is 22.6 Å². The van der Waals surface area contributed by atoms with Crippen molar-refractivity contribution in [3.63, 3.8) is 0 Å². The molecule has 38 heavy (non-hydrogen) atoms. The summed E-state index contributed by atoms with van der Waals surface area (Å²) in [7, 11) is -9.96. The third-order valence-corrected chi connectivity index (χ3v) is 7.43. The number of halogens is 1. The van der Waals surface area contributed by atoms with E-state index in [9.17, 15) is 46.2 Å². The van der Waals surface area contributed by atoms with Gasteiger partial charge in [0.1, 0.15) is 10.6 Å². The Morgan fingerprint density at radius 3 is 2.08 bits per heavy atom. The molecule has 0 spiro atoms. The average Bonchev–Trinajstić information content (AvgIpc) is 3.27. The van der Waals surface area contributed by atoms with E-state index in [-0.39, 0.29) is 11.4 Å². The van der Waals surface area contributed by atoms with E-state index in [4.69, 9.17) is 0 Å². The van der Waals surface area contributed by atoms with Gasteiger partial charge in [-0.3, -0.25) is 29.3 Å². The van der Waals surface area contributed by atoms with E-state index in [2.05, 4.69) is 10.2 Å². The zero-order chi connectivity index (χ0) is 28.0. The molecule has 0 unspecified atom stereocenters. The molecule has 0 aliphatic carbocycles. The number of nitrogens with zero attached hydrogens (tertiary/aromatic N) is 6. The van der Waals surface area contributed by atoms with Crippen LogP contribution in [-0.2, 0) is 20.2 Å². The number of rotatable bonds is 7. The van der Waals surface area contributed by atoms with Crippen molar-refractivity contribution in [1.82, 2.24) is 15.0 Å². The number of non-ortho nitro benzene ring substituents is 1. The molecule has 0 amide bonds. The van der Waals surface area contributed by atoms with Crippen molar-refractivity contribution >= 4 is 54.2 Å². The Kier molecular flexibility index (Phi) is 6.96. The smallest absolute Gasteiger partial charge is 0.282 e. The highest BCUT2D eigenvalue weighted by atomic mass is 127. The molecule has 3 aromatic carbocycles. The maximum atomic E-state index is 12.1. The van der Waals surface area contributed by atoms with Gasteiger partial charge >= 0.3 is 11.5 Å². The standard InChI is InChI=1S/C19H11IN6O10S2/c20-11-1-3-12(4-2-11)23-21-19(15-7-6-14(37(31,32)33)10-18(15)38(34,35)36)22-24(23)16-8-5-13(25(27)28)9-17(16)26(29)30/h1-10H,(H-,31,32,33,34,35,36)/p+1. The molecule has 0 saturated carbocycles. The minimum atomic E-state index is -5.10. The highest BCUT2D eigenvalue weighted by molar-refractivity contribution is 14.1. The number of nitro benzene ring substituents is 2. The molecule has 1 aromatic heterocycles. The van der Waals surface area contributed by atoms with Crippen LogP contribution < -0.4 is 4.80 Å². The van der Waals surface area contributed by atoms with Gasteiger partial charge in [0, 0.05) is 20.5 Å². The molecule has 0 bridgehead atoms. The van der Waals surface area contributed by atoms with Gasteiger partial charge in [0.2, 0.25) is 0 Å². The van der Waals surface area contributed by atoms with Crippen LogP contribution in [-0.4, -0.2) is 50.8 Å². The summed E-state index contributed by atoms with van der Waals surface area (Å²) < 4.78 is 67.0. The Morgan fingerprint density at radius 1 is 0.868 bits per heavy atom. The number of tetrazole rings is 1. The lowest BCUT2D eigenvalue weighted by Gasteiger charge is -2.03. The zero-order valence-electron chi connectivity index (χ0n) is 18.3. The Balaban J connectivity index is 2.06. The highest BCUT2D eigenvalue weighted by Gasteiger charge is 2.33. The third-order valence-electron chi connectivity index (χ3n) is 4.97. The summed E-state index contributed by atoms with van der Waals surface area (Å²) in [6.45, 7) is 0. The topological polar surface area (TPSA) is 230 Å². The molecule has 0 aliphatic heterocycles. The second kappa shape index (κ2) is 9.75. The summed E-state index contributed by atoms with van der Waals surface area (Å²) >= 11 is 2.03. The van der Waals surface area contributed by atoms with E-state index >= 15 is 0 Å². The number of benzene rings is 3. The van der Waals surface area contributed by atoms with Gasteiger partial charge in [-0.25, -0.2) is 0 Å². The van der Waals surface area contributed by atoms with Crippen LogP contribution in [0.1, 0.15) is 0 Å². The van der Waals surface area contributed by atoms with Crippen molar-refractivity contribution in [2.75, 3.05) is 0 Å². The Labute approximate surface area is 226 Å². The van der Waals surface area contributed by atoms with Crippen molar-refractivity contribution in [1.29, 1.82) is 0 Å². The van der Waals surface area contributed by atoms with Crippen LogP contribution in [0.5, 0.6) is 0 Å². The third kappa shape index (κ3) is 5.35. The normalized spacial score (nSPS) is 11.9. The minimum Gasteiger partial charge on any atom is -0.282 e. The molecule has 0 radical (unpaired) electrons. The maximum absolute atomic E-state index is 12.1. The number of hydrogen-bond acceptors (Lipinski definition) is 10. The van der Waals surface area contributed by atoms with E-state index in [0.717, 1.165) is 37.4 Å². The van der Waals surface area contributed by atoms with Gasteiger partial charge in [-0.1, -0.05) is 0 Å². The molecule has 0 saturated heterocycles. The summed E-state index contributed by atoms with van der Waals surface area (Å²) in [6, 6.07) is 11.4. The molecule has 196 valence electrons. The molecule has 0 atom stereocenters. The summed E-state index contributed by atoms with van der Waals surface area (Å²) in [5.41, 5.74) is -1.73. The van der Waals surface area contributed by atoms with Crippen LogP contribution in [0.2, 0.25) is 0 Å². The highest BCUT2D eigenvalue weighted by Crippen LogP contribution is 2.29. The van der Waals surface area contributed by atoms with Gasteiger partial charge in [0.05, 0.1) is 31.5 Å². The predicted molar refractivity (Wildman–Crippen MR) is 134 cm³/mol. The number of aromatic nitrogens is 4. The average molecular weight is 675 g/mol. The van der Waals surface area contributed by atoms with Crippen LogP contribution in [0.3, 0.4) is 0 Å². The summed E-state index contributed by atoms with van der Waals surface area (Å²) in [6.07, 6.45) is 0. The first-order valence-corrected chi connectivity index (χ1v) is 13.8. The van der Waals surface area contributed by atoms with Crippen LogP contribution in [0.15, 0.2) is 70.5 Å². The first-order chi connectivity index (χ1) is 17.7. The Morgan fingerprint density at radius 2 is 1.53 bits per heavy atom. The van der Waals surface area contributed by atoms with Crippen LogP contribution in [0.25, 0.3) is 22.8 Å². The molecular formula is C19H12IN6O10S2+. The predicted octanol–water partition coefficient (Wildman–Crippen LogP) is 2.13. The molecule has 16 nitrogen and oxygen atoms in total. The lowest BCUT2D eigenvalue weighted by atomic mass is 10.2. The minimum absolute atomic E-state index is 0.278. The molecule has 2 N–H and O–H groups in total. The fourth-order valence-electron chi connectivity index (χ4n) is 3.29. The first-order valence-electron chi connectivity index (χ1n) is 9.85. The van der Waals surface area contributed by atoms with Gasteiger partial charge in [-0.15, -0.1) is 0 Å². The second-order valence-corrected chi connectivity index (χ2v) is 11.4. The van der Waals surface area contributed by atoms with Crippen molar-refractivity contribution in [2.45, 2.75) is 9.79 Å². The van der Waals surface area contributed by atoms with E-state index in [1.54, 1.807) is 24.3 Å². The van der Waals surface area contributed by atoms with Gasteiger partial charge in [0.25, 0.3) is 31.6 Å². The molecule has 0 fully saturated rings. The van der Waals surface area contributed by atoms with E-state index < -0.39 is 62.6 Å². The lowest BCUT2D eigenvalue weighted by Crippen LogP contribution is -2.43. The number of hydrogen-bond donors (Lipinski definition) is 2. The fourth-order valence-corrected chi connectivity index (χ4v) is 4.95. The monoisotopic (exact) mass is 675 g/mol. The van der Waals surface area contributed by atoms with Crippen molar-refractivity contribution in [3.8, 4) is 22.8 Å². The first kappa shape index (κ1) is 27.1. The molecular weight excluding hydrogens is 663 g/mol.